The van der Waals surface area contributed by atoms with Crippen LogP contribution in [-0.2, 0) is 10.0 Å². The summed E-state index contributed by atoms with van der Waals surface area (Å²) in [5, 5.41) is -0.788. The van der Waals surface area contributed by atoms with E-state index in [4.69, 9.17) is 5.73 Å². The molecule has 1 radical (unpaired) electrons. The minimum absolute atomic E-state index is 0.0319. The summed E-state index contributed by atoms with van der Waals surface area (Å²) >= 11 is 0. The van der Waals surface area contributed by atoms with Crippen molar-refractivity contribution in [1.29, 1.82) is 0 Å². The molecule has 7 nitrogen and oxygen atoms in total. The van der Waals surface area contributed by atoms with E-state index in [1.165, 1.54) is 19.9 Å². The minimum atomic E-state index is -3.88. The van der Waals surface area contributed by atoms with Crippen LogP contribution in [0.25, 0.3) is 17.1 Å². The number of rotatable bonds is 5. The quantitative estimate of drug-likeness (QED) is 0.681. The van der Waals surface area contributed by atoms with Gasteiger partial charge in [-0.2, -0.15) is 0 Å². The number of anilines is 1. The molecule has 0 spiro atoms. The van der Waals surface area contributed by atoms with Gasteiger partial charge in [-0.05, 0) is 32.0 Å². The molecule has 1 heterocycles. The molecule has 2 aromatic carbocycles. The zero-order valence-electron chi connectivity index (χ0n) is 14.9. The van der Waals surface area contributed by atoms with E-state index in [-0.39, 0.29) is 11.3 Å². The summed E-state index contributed by atoms with van der Waals surface area (Å²) < 4.78 is 29.0. The highest BCUT2D eigenvalue weighted by Crippen LogP contribution is 2.24. The van der Waals surface area contributed by atoms with Gasteiger partial charge in [-0.15, -0.1) is 4.72 Å². The number of amides is 1. The molecule has 2 N–H and O–H groups in total. The number of nitrogens with two attached hydrogens (primary N) is 1. The van der Waals surface area contributed by atoms with Crippen molar-refractivity contribution >= 4 is 21.6 Å². The van der Waals surface area contributed by atoms with Gasteiger partial charge in [0.15, 0.2) is 0 Å². The average Bonchev–Trinajstić information content (AvgIpc) is 3.12. The number of imidazole rings is 1. The summed E-state index contributed by atoms with van der Waals surface area (Å²) in [5.41, 5.74) is 7.61. The molecular formula is C19H19N4O3S. The largest absolute Gasteiger partial charge is 0.398 e. The van der Waals surface area contributed by atoms with Crippen LogP contribution in [0.4, 0.5) is 5.69 Å². The molecule has 0 fully saturated rings. The van der Waals surface area contributed by atoms with Crippen LogP contribution >= 0.6 is 0 Å². The molecule has 27 heavy (non-hydrogen) atoms. The van der Waals surface area contributed by atoms with E-state index in [0.29, 0.717) is 11.5 Å². The van der Waals surface area contributed by atoms with Crippen molar-refractivity contribution in [3.8, 4) is 17.1 Å². The highest BCUT2D eigenvalue weighted by atomic mass is 32.2. The third-order valence-corrected chi connectivity index (χ3v) is 5.64. The first kappa shape index (κ1) is 18.7. The van der Waals surface area contributed by atoms with Crippen LogP contribution in [0.2, 0.25) is 0 Å². The average molecular weight is 383 g/mol. The summed E-state index contributed by atoms with van der Waals surface area (Å²) in [4.78, 5) is 16.8. The van der Waals surface area contributed by atoms with Gasteiger partial charge in [0.25, 0.3) is 15.9 Å². The van der Waals surface area contributed by atoms with Gasteiger partial charge in [0.2, 0.25) is 0 Å². The topological polar surface area (TPSA) is 109 Å². The highest BCUT2D eigenvalue weighted by molar-refractivity contribution is 7.90. The van der Waals surface area contributed by atoms with E-state index < -0.39 is 21.2 Å². The zero-order chi connectivity index (χ0) is 19.6. The van der Waals surface area contributed by atoms with Gasteiger partial charge in [0.05, 0.1) is 10.8 Å². The lowest BCUT2D eigenvalue weighted by atomic mass is 10.1. The van der Waals surface area contributed by atoms with Crippen LogP contribution in [0, 0.1) is 0 Å². The molecule has 139 valence electrons. The third kappa shape index (κ3) is 3.85. The van der Waals surface area contributed by atoms with E-state index in [2.05, 4.69) is 9.71 Å². The van der Waals surface area contributed by atoms with Gasteiger partial charge in [0.1, 0.15) is 5.82 Å². The molecular weight excluding hydrogens is 364 g/mol. The molecule has 1 amide bonds. The van der Waals surface area contributed by atoms with Crippen molar-refractivity contribution in [2.75, 3.05) is 5.73 Å². The van der Waals surface area contributed by atoms with Crippen molar-refractivity contribution in [2.24, 2.45) is 0 Å². The first-order valence-corrected chi connectivity index (χ1v) is 9.80. The van der Waals surface area contributed by atoms with E-state index >= 15 is 0 Å². The Kier molecular flexibility index (Phi) is 5.00. The Bertz CT molecular complexity index is 1070. The SMILES string of the molecule is CC(C)S(=O)(=O)[N]C(=O)c1cc(-n2ccnc2-c2ccccc2)ccc1N. The molecule has 1 aromatic heterocycles. The summed E-state index contributed by atoms with van der Waals surface area (Å²) in [7, 11) is -3.88. The normalized spacial score (nSPS) is 11.5. The van der Waals surface area contributed by atoms with Crippen LogP contribution in [0.15, 0.2) is 60.9 Å². The standard InChI is InChI=1S/C19H19N4O3S/c1-13(2)27(25,26)22-19(24)16-12-15(8-9-17(16)20)23-11-10-21-18(23)14-6-4-3-5-7-14/h3-13H,20H2,1-2H3. The van der Waals surface area contributed by atoms with E-state index in [1.807, 2.05) is 30.3 Å². The molecule has 3 aromatic rings. The van der Waals surface area contributed by atoms with E-state index in [0.717, 1.165) is 5.56 Å². The van der Waals surface area contributed by atoms with Crippen LogP contribution in [0.3, 0.4) is 0 Å². The summed E-state index contributed by atoms with van der Waals surface area (Å²) in [6, 6.07) is 14.4. The Morgan fingerprint density at radius 3 is 2.52 bits per heavy atom. The predicted molar refractivity (Wildman–Crippen MR) is 104 cm³/mol. The number of hydrogen-bond donors (Lipinski definition) is 1. The van der Waals surface area contributed by atoms with Gasteiger partial charge < -0.3 is 5.73 Å². The second-order valence-corrected chi connectivity index (χ2v) is 8.37. The number of sulfonamides is 1. The number of carbonyl (C=O) groups is 1. The Balaban J connectivity index is 2.01. The Hall–Kier alpha value is -3.13. The molecule has 8 heteroatoms. The molecule has 0 bridgehead atoms. The highest BCUT2D eigenvalue weighted by Gasteiger charge is 2.24. The molecule has 0 saturated carbocycles. The van der Waals surface area contributed by atoms with Crippen molar-refractivity contribution in [3.63, 3.8) is 0 Å². The number of hydrogen-bond acceptors (Lipinski definition) is 5. The lowest BCUT2D eigenvalue weighted by Crippen LogP contribution is -2.30. The van der Waals surface area contributed by atoms with E-state index in [1.54, 1.807) is 29.1 Å². The maximum absolute atomic E-state index is 12.4. The van der Waals surface area contributed by atoms with Gasteiger partial charge in [-0.3, -0.25) is 9.36 Å². The minimum Gasteiger partial charge on any atom is -0.398 e. The predicted octanol–water partition coefficient (Wildman–Crippen LogP) is 2.60. The van der Waals surface area contributed by atoms with Crippen LogP contribution in [0.1, 0.15) is 24.2 Å². The number of aromatic nitrogens is 2. The van der Waals surface area contributed by atoms with Crippen LogP contribution in [-0.4, -0.2) is 29.1 Å². The number of carbonyl (C=O) groups excluding carboxylic acids is 1. The Morgan fingerprint density at radius 1 is 1.15 bits per heavy atom. The first-order valence-electron chi connectivity index (χ1n) is 8.29. The fourth-order valence-corrected chi connectivity index (χ4v) is 3.00. The summed E-state index contributed by atoms with van der Waals surface area (Å²) in [6.45, 7) is 2.92. The maximum Gasteiger partial charge on any atom is 0.289 e. The van der Waals surface area contributed by atoms with Gasteiger partial charge in [-0.25, -0.2) is 13.4 Å². The fraction of sp³-hybridized carbons (Fsp3) is 0.158. The van der Waals surface area contributed by atoms with Crippen LogP contribution in [0.5, 0.6) is 0 Å². The van der Waals surface area contributed by atoms with Crippen molar-refractivity contribution in [3.05, 3.63) is 66.5 Å². The van der Waals surface area contributed by atoms with E-state index in [9.17, 15) is 13.2 Å². The fourth-order valence-electron chi connectivity index (χ4n) is 2.46. The number of nitrogen functional groups attached to an aromatic ring is 1. The van der Waals surface area contributed by atoms with Crippen LogP contribution < -0.4 is 10.5 Å². The number of nitrogens with zero attached hydrogens (tertiary/aromatic N) is 3. The van der Waals surface area contributed by atoms with Crippen molar-refractivity contribution < 1.29 is 13.2 Å². The van der Waals surface area contributed by atoms with Gasteiger partial charge in [0, 0.05) is 29.3 Å². The molecule has 3 rings (SSSR count). The van der Waals surface area contributed by atoms with Crippen molar-refractivity contribution in [1.82, 2.24) is 14.3 Å². The molecule has 0 atom stereocenters. The molecule has 0 aliphatic carbocycles. The monoisotopic (exact) mass is 383 g/mol. The maximum atomic E-state index is 12.4. The first-order chi connectivity index (χ1) is 12.8. The summed E-state index contributed by atoms with van der Waals surface area (Å²) in [5.74, 6) is -0.199. The Labute approximate surface area is 157 Å². The second-order valence-electron chi connectivity index (χ2n) is 6.22. The number of benzene rings is 2. The molecule has 0 saturated heterocycles. The molecule has 0 aliphatic rings. The second kappa shape index (κ2) is 7.24. The smallest absolute Gasteiger partial charge is 0.289 e. The lowest BCUT2D eigenvalue weighted by Gasteiger charge is -2.12. The van der Waals surface area contributed by atoms with Crippen molar-refractivity contribution in [2.45, 2.75) is 19.1 Å². The zero-order valence-corrected chi connectivity index (χ0v) is 15.7. The molecule has 0 unspecified atom stereocenters. The van der Waals surface area contributed by atoms with Gasteiger partial charge in [-0.1, -0.05) is 30.3 Å². The van der Waals surface area contributed by atoms with Gasteiger partial charge >= 0.3 is 0 Å². The summed E-state index contributed by atoms with van der Waals surface area (Å²) in [6.07, 6.45) is 3.40. The lowest BCUT2D eigenvalue weighted by molar-refractivity contribution is 0.0978. The third-order valence-electron chi connectivity index (χ3n) is 4.02. The Morgan fingerprint density at radius 2 is 1.85 bits per heavy atom. The molecule has 0 aliphatic heterocycles.